The molecular formula is C21H42N2O2. The van der Waals surface area contributed by atoms with Crippen molar-refractivity contribution in [3.63, 3.8) is 0 Å². The number of hydrogen-bond donors (Lipinski definition) is 0. The standard InChI is InChI=1S/C16H36N.C5H7NO2/c1-5-9-13-17(14-10-6-2,15-11-7-3)16-12-8-4;1-2-4(3-6)5(7)8/h5-16H2,1-4H3;4H,2H2,1H3,(H,7,8)/q+1;/p-1. The second kappa shape index (κ2) is 17.7. The van der Waals surface area contributed by atoms with Gasteiger partial charge in [0.1, 0.15) is 0 Å². The summed E-state index contributed by atoms with van der Waals surface area (Å²) >= 11 is 0. The minimum Gasteiger partial charge on any atom is -0.549 e. The third-order valence-corrected chi connectivity index (χ3v) is 4.79. The Hall–Kier alpha value is -1.08. The Morgan fingerprint density at radius 3 is 1.28 bits per heavy atom. The lowest BCUT2D eigenvalue weighted by Crippen LogP contribution is -2.50. The quantitative estimate of drug-likeness (QED) is 0.437. The van der Waals surface area contributed by atoms with Crippen LogP contribution in [0.25, 0.3) is 0 Å². The lowest BCUT2D eigenvalue weighted by atomic mass is 10.1. The lowest BCUT2D eigenvalue weighted by Gasteiger charge is -2.39. The Kier molecular flexibility index (Phi) is 18.6. The molecular weight excluding hydrogens is 312 g/mol. The van der Waals surface area contributed by atoms with Crippen LogP contribution in [-0.4, -0.2) is 36.6 Å². The first-order valence-electron chi connectivity index (χ1n) is 10.4. The second-order valence-corrected chi connectivity index (χ2v) is 7.06. The lowest BCUT2D eigenvalue weighted by molar-refractivity contribution is -0.929. The molecule has 0 saturated carbocycles. The van der Waals surface area contributed by atoms with Gasteiger partial charge in [0.25, 0.3) is 0 Å². The van der Waals surface area contributed by atoms with Gasteiger partial charge in [-0.1, -0.05) is 60.3 Å². The van der Waals surface area contributed by atoms with Gasteiger partial charge in [-0.2, -0.15) is 5.26 Å². The van der Waals surface area contributed by atoms with E-state index in [2.05, 4.69) is 27.7 Å². The van der Waals surface area contributed by atoms with Crippen molar-refractivity contribution in [2.45, 2.75) is 92.4 Å². The van der Waals surface area contributed by atoms with E-state index in [1.165, 1.54) is 82.0 Å². The molecule has 0 aromatic rings. The zero-order chi connectivity index (χ0) is 19.6. The molecule has 4 heteroatoms. The molecule has 0 saturated heterocycles. The first kappa shape index (κ1) is 26.2. The molecule has 148 valence electrons. The van der Waals surface area contributed by atoms with Crippen LogP contribution in [0.3, 0.4) is 0 Å². The maximum Gasteiger partial charge on any atom is 0.0855 e. The highest BCUT2D eigenvalue weighted by Gasteiger charge is 2.24. The second-order valence-electron chi connectivity index (χ2n) is 7.06. The fourth-order valence-electron chi connectivity index (χ4n) is 2.96. The van der Waals surface area contributed by atoms with Gasteiger partial charge in [-0.3, -0.25) is 0 Å². The summed E-state index contributed by atoms with van der Waals surface area (Å²) in [7, 11) is 0. The maximum absolute atomic E-state index is 9.83. The van der Waals surface area contributed by atoms with E-state index in [1.54, 1.807) is 13.0 Å². The van der Waals surface area contributed by atoms with E-state index in [1.807, 2.05) is 0 Å². The van der Waals surface area contributed by atoms with Gasteiger partial charge in [0.15, 0.2) is 0 Å². The van der Waals surface area contributed by atoms with E-state index in [-0.39, 0.29) is 0 Å². The van der Waals surface area contributed by atoms with Crippen LogP contribution in [0.1, 0.15) is 92.4 Å². The Morgan fingerprint density at radius 1 is 0.840 bits per heavy atom. The molecule has 0 fully saturated rings. The van der Waals surface area contributed by atoms with Crippen LogP contribution in [0, 0.1) is 17.2 Å². The molecule has 1 unspecified atom stereocenters. The summed E-state index contributed by atoms with van der Waals surface area (Å²) in [6.45, 7) is 16.6. The fourth-order valence-corrected chi connectivity index (χ4v) is 2.96. The summed E-state index contributed by atoms with van der Waals surface area (Å²) in [6.07, 6.45) is 11.4. The Morgan fingerprint density at radius 2 is 1.16 bits per heavy atom. The van der Waals surface area contributed by atoms with Gasteiger partial charge < -0.3 is 14.4 Å². The third kappa shape index (κ3) is 13.8. The van der Waals surface area contributed by atoms with Crippen molar-refractivity contribution in [2.24, 2.45) is 5.92 Å². The Balaban J connectivity index is 0. The van der Waals surface area contributed by atoms with Gasteiger partial charge in [0.05, 0.1) is 44.1 Å². The highest BCUT2D eigenvalue weighted by molar-refractivity contribution is 5.70. The molecule has 0 radical (unpaired) electrons. The molecule has 0 bridgehead atoms. The smallest absolute Gasteiger partial charge is 0.0855 e. The number of nitrogens with zero attached hydrogens (tertiary/aromatic N) is 2. The molecule has 0 heterocycles. The van der Waals surface area contributed by atoms with Crippen LogP contribution in [0.5, 0.6) is 0 Å². The summed E-state index contributed by atoms with van der Waals surface area (Å²) < 4.78 is 1.42. The number of unbranched alkanes of at least 4 members (excludes halogenated alkanes) is 4. The third-order valence-electron chi connectivity index (χ3n) is 4.79. The molecule has 0 rings (SSSR count). The topological polar surface area (TPSA) is 63.9 Å². The molecule has 0 aliphatic carbocycles. The van der Waals surface area contributed by atoms with Crippen molar-refractivity contribution in [3.05, 3.63) is 0 Å². The first-order valence-corrected chi connectivity index (χ1v) is 10.4. The predicted octanol–water partition coefficient (Wildman–Crippen LogP) is 4.29. The minimum atomic E-state index is -1.28. The number of hydrogen-bond acceptors (Lipinski definition) is 3. The summed E-state index contributed by atoms with van der Waals surface area (Å²) in [5.74, 6) is -2.22. The highest BCUT2D eigenvalue weighted by atomic mass is 16.4. The molecule has 0 spiro atoms. The Labute approximate surface area is 156 Å². The first-order chi connectivity index (χ1) is 12.0. The minimum absolute atomic E-state index is 0.318. The summed E-state index contributed by atoms with van der Waals surface area (Å²) in [5, 5.41) is 17.9. The molecule has 0 aromatic carbocycles. The molecule has 4 nitrogen and oxygen atoms in total. The number of rotatable bonds is 14. The monoisotopic (exact) mass is 354 g/mol. The Bertz CT molecular complexity index is 313. The van der Waals surface area contributed by atoms with E-state index in [4.69, 9.17) is 5.26 Å². The number of carbonyl (C=O) groups excluding carboxylic acids is 1. The maximum atomic E-state index is 9.83. The summed E-state index contributed by atoms with van der Waals surface area (Å²) in [6, 6.07) is 1.59. The van der Waals surface area contributed by atoms with Gasteiger partial charge >= 0.3 is 0 Å². The summed E-state index contributed by atoms with van der Waals surface area (Å²) in [4.78, 5) is 9.83. The predicted molar refractivity (Wildman–Crippen MR) is 104 cm³/mol. The van der Waals surface area contributed by atoms with E-state index >= 15 is 0 Å². The van der Waals surface area contributed by atoms with Crippen LogP contribution in [0.15, 0.2) is 0 Å². The van der Waals surface area contributed by atoms with Gasteiger partial charge in [-0.25, -0.2) is 0 Å². The van der Waals surface area contributed by atoms with E-state index in [0.29, 0.717) is 6.42 Å². The van der Waals surface area contributed by atoms with Gasteiger partial charge in [-0.05, 0) is 32.1 Å². The van der Waals surface area contributed by atoms with Crippen LogP contribution >= 0.6 is 0 Å². The number of carboxylic acids is 1. The fraction of sp³-hybridized carbons (Fsp3) is 0.905. The highest BCUT2D eigenvalue weighted by Crippen LogP contribution is 2.16. The van der Waals surface area contributed by atoms with Gasteiger partial charge in [-0.15, -0.1) is 0 Å². The van der Waals surface area contributed by atoms with Crippen molar-refractivity contribution in [1.82, 2.24) is 0 Å². The molecule has 1 atom stereocenters. The van der Waals surface area contributed by atoms with Crippen LogP contribution in [0.2, 0.25) is 0 Å². The SMILES string of the molecule is CCC(C#N)C(=O)[O-].CCCC[N+](CCCC)(CCCC)CCCC. The van der Waals surface area contributed by atoms with Crippen LogP contribution in [0.4, 0.5) is 0 Å². The van der Waals surface area contributed by atoms with Gasteiger partial charge in [0.2, 0.25) is 0 Å². The van der Waals surface area contributed by atoms with Crippen molar-refractivity contribution in [2.75, 3.05) is 26.2 Å². The average molecular weight is 355 g/mol. The zero-order valence-electron chi connectivity index (χ0n) is 17.5. The largest absolute Gasteiger partial charge is 0.549 e. The van der Waals surface area contributed by atoms with E-state index in [9.17, 15) is 9.90 Å². The van der Waals surface area contributed by atoms with Crippen molar-refractivity contribution in [3.8, 4) is 6.07 Å². The molecule has 0 amide bonds. The number of aliphatic carboxylic acids is 1. The molecule has 0 N–H and O–H groups in total. The number of nitriles is 1. The molecule has 0 aromatic heterocycles. The van der Waals surface area contributed by atoms with Crippen LogP contribution < -0.4 is 5.11 Å². The molecule has 0 aliphatic rings. The number of carboxylic acid groups (broad SMARTS) is 1. The van der Waals surface area contributed by atoms with Crippen molar-refractivity contribution >= 4 is 5.97 Å². The number of quaternary nitrogens is 1. The van der Waals surface area contributed by atoms with Gasteiger partial charge in [0, 0.05) is 0 Å². The van der Waals surface area contributed by atoms with Crippen molar-refractivity contribution < 1.29 is 14.4 Å². The summed E-state index contributed by atoms with van der Waals surface area (Å²) in [5.41, 5.74) is 0. The van der Waals surface area contributed by atoms with E-state index < -0.39 is 11.9 Å². The van der Waals surface area contributed by atoms with Crippen LogP contribution in [-0.2, 0) is 4.79 Å². The number of carbonyl (C=O) groups is 1. The zero-order valence-corrected chi connectivity index (χ0v) is 17.5. The molecule has 0 aliphatic heterocycles. The normalized spacial score (nSPS) is 12.0. The molecule has 25 heavy (non-hydrogen) atoms. The average Bonchev–Trinajstić information content (AvgIpc) is 2.62. The van der Waals surface area contributed by atoms with Crippen molar-refractivity contribution in [1.29, 1.82) is 5.26 Å². The van der Waals surface area contributed by atoms with E-state index in [0.717, 1.165) is 0 Å².